The van der Waals surface area contributed by atoms with Crippen molar-refractivity contribution in [2.75, 3.05) is 11.9 Å². The van der Waals surface area contributed by atoms with E-state index in [9.17, 15) is 4.39 Å². The molecule has 4 heteroatoms. The predicted molar refractivity (Wildman–Crippen MR) is 85.1 cm³/mol. The van der Waals surface area contributed by atoms with Crippen LogP contribution in [0.25, 0.3) is 11.3 Å². The number of nitrogens with one attached hydrogen (secondary N) is 1. The van der Waals surface area contributed by atoms with Gasteiger partial charge in [-0.25, -0.2) is 14.4 Å². The Kier molecular flexibility index (Phi) is 4.89. The summed E-state index contributed by atoms with van der Waals surface area (Å²) in [5, 5.41) is 3.27. The molecule has 0 radical (unpaired) electrons. The van der Waals surface area contributed by atoms with Crippen LogP contribution in [0.5, 0.6) is 0 Å². The molecule has 1 aromatic heterocycles. The van der Waals surface area contributed by atoms with E-state index < -0.39 is 0 Å². The van der Waals surface area contributed by atoms with Gasteiger partial charge in [-0.05, 0) is 38.8 Å². The average Bonchev–Trinajstić information content (AvgIpc) is 2.46. The van der Waals surface area contributed by atoms with Gasteiger partial charge in [-0.1, -0.05) is 19.1 Å². The summed E-state index contributed by atoms with van der Waals surface area (Å²) in [7, 11) is 0. The number of nitrogens with zero attached hydrogens (tertiary/aromatic N) is 2. The zero-order valence-corrected chi connectivity index (χ0v) is 13.1. The first kappa shape index (κ1) is 15.4. The fourth-order valence-electron chi connectivity index (χ4n) is 2.36. The highest BCUT2D eigenvalue weighted by Crippen LogP contribution is 2.29. The fourth-order valence-corrected chi connectivity index (χ4v) is 2.36. The summed E-state index contributed by atoms with van der Waals surface area (Å²) >= 11 is 0. The van der Waals surface area contributed by atoms with E-state index in [4.69, 9.17) is 0 Å². The largest absolute Gasteiger partial charge is 0.370 e. The SMILES string of the molecule is CCCc1nc(NCC)c(C)c(-c2cccc(F)c2C)n1. The summed E-state index contributed by atoms with van der Waals surface area (Å²) in [6, 6.07) is 5.12. The maximum absolute atomic E-state index is 13.8. The maximum atomic E-state index is 13.8. The van der Waals surface area contributed by atoms with Crippen molar-refractivity contribution in [1.29, 1.82) is 0 Å². The van der Waals surface area contributed by atoms with E-state index in [1.807, 2.05) is 19.9 Å². The molecule has 0 unspecified atom stereocenters. The lowest BCUT2D eigenvalue weighted by Crippen LogP contribution is -2.08. The number of aromatic nitrogens is 2. The molecule has 0 saturated carbocycles. The Morgan fingerprint density at radius 2 is 1.86 bits per heavy atom. The number of aryl methyl sites for hydroxylation is 1. The van der Waals surface area contributed by atoms with Crippen LogP contribution in [0.2, 0.25) is 0 Å². The number of anilines is 1. The van der Waals surface area contributed by atoms with E-state index in [1.54, 1.807) is 13.0 Å². The third-order valence-electron chi connectivity index (χ3n) is 3.53. The lowest BCUT2D eigenvalue weighted by molar-refractivity contribution is 0.619. The first-order chi connectivity index (χ1) is 10.1. The predicted octanol–water partition coefficient (Wildman–Crippen LogP) is 4.28. The number of hydrogen-bond acceptors (Lipinski definition) is 3. The smallest absolute Gasteiger partial charge is 0.133 e. The molecule has 0 saturated heterocycles. The fraction of sp³-hybridized carbons (Fsp3) is 0.412. The quantitative estimate of drug-likeness (QED) is 0.891. The van der Waals surface area contributed by atoms with Crippen LogP contribution in [0.4, 0.5) is 10.2 Å². The van der Waals surface area contributed by atoms with E-state index in [0.29, 0.717) is 5.56 Å². The highest BCUT2D eigenvalue weighted by molar-refractivity contribution is 5.71. The summed E-state index contributed by atoms with van der Waals surface area (Å²) in [6.07, 6.45) is 1.80. The molecule has 0 amide bonds. The van der Waals surface area contributed by atoms with Crippen molar-refractivity contribution < 1.29 is 4.39 Å². The second-order valence-corrected chi connectivity index (χ2v) is 5.15. The molecule has 0 atom stereocenters. The molecule has 1 aromatic carbocycles. The van der Waals surface area contributed by atoms with Crippen molar-refractivity contribution >= 4 is 5.82 Å². The minimum Gasteiger partial charge on any atom is -0.370 e. The Hall–Kier alpha value is -1.97. The zero-order chi connectivity index (χ0) is 15.4. The molecular weight excluding hydrogens is 265 g/mol. The topological polar surface area (TPSA) is 37.8 Å². The number of hydrogen-bond donors (Lipinski definition) is 1. The monoisotopic (exact) mass is 287 g/mol. The van der Waals surface area contributed by atoms with Crippen LogP contribution < -0.4 is 5.32 Å². The molecule has 0 aliphatic rings. The lowest BCUT2D eigenvalue weighted by atomic mass is 10.0. The van der Waals surface area contributed by atoms with Gasteiger partial charge in [0.15, 0.2) is 0 Å². The third-order valence-corrected chi connectivity index (χ3v) is 3.53. The van der Waals surface area contributed by atoms with Gasteiger partial charge in [-0.3, -0.25) is 0 Å². The molecule has 3 nitrogen and oxygen atoms in total. The summed E-state index contributed by atoms with van der Waals surface area (Å²) in [4.78, 5) is 9.23. The van der Waals surface area contributed by atoms with Crippen molar-refractivity contribution in [2.45, 2.75) is 40.5 Å². The molecule has 0 fully saturated rings. The van der Waals surface area contributed by atoms with Gasteiger partial charge in [0.1, 0.15) is 17.5 Å². The molecule has 1 heterocycles. The summed E-state index contributed by atoms with van der Waals surface area (Å²) in [5.74, 6) is 1.44. The molecule has 0 aliphatic carbocycles. The van der Waals surface area contributed by atoms with Crippen LogP contribution in [0.1, 0.15) is 37.2 Å². The van der Waals surface area contributed by atoms with E-state index in [1.165, 1.54) is 6.07 Å². The van der Waals surface area contributed by atoms with Crippen LogP contribution >= 0.6 is 0 Å². The van der Waals surface area contributed by atoms with Crippen LogP contribution in [0, 0.1) is 19.7 Å². The van der Waals surface area contributed by atoms with Gasteiger partial charge in [0.2, 0.25) is 0 Å². The van der Waals surface area contributed by atoms with E-state index in [0.717, 1.165) is 47.8 Å². The first-order valence-electron chi connectivity index (χ1n) is 7.45. The van der Waals surface area contributed by atoms with Crippen molar-refractivity contribution in [3.8, 4) is 11.3 Å². The molecule has 1 N–H and O–H groups in total. The Labute approximate surface area is 125 Å². The Morgan fingerprint density at radius 1 is 1.10 bits per heavy atom. The Balaban J connectivity index is 2.63. The highest BCUT2D eigenvalue weighted by atomic mass is 19.1. The van der Waals surface area contributed by atoms with Crippen LogP contribution in [0.3, 0.4) is 0 Å². The second-order valence-electron chi connectivity index (χ2n) is 5.15. The number of rotatable bonds is 5. The van der Waals surface area contributed by atoms with Gasteiger partial charge in [-0.15, -0.1) is 0 Å². The Morgan fingerprint density at radius 3 is 2.52 bits per heavy atom. The van der Waals surface area contributed by atoms with Gasteiger partial charge in [-0.2, -0.15) is 0 Å². The first-order valence-corrected chi connectivity index (χ1v) is 7.45. The van der Waals surface area contributed by atoms with Crippen molar-refractivity contribution in [3.05, 3.63) is 41.0 Å². The normalized spacial score (nSPS) is 10.7. The molecular formula is C17H22FN3. The summed E-state index contributed by atoms with van der Waals surface area (Å²) < 4.78 is 13.8. The van der Waals surface area contributed by atoms with Gasteiger partial charge in [0.05, 0.1) is 5.69 Å². The van der Waals surface area contributed by atoms with Crippen LogP contribution in [-0.4, -0.2) is 16.5 Å². The second kappa shape index (κ2) is 6.66. The number of benzene rings is 1. The van der Waals surface area contributed by atoms with Gasteiger partial charge < -0.3 is 5.32 Å². The van der Waals surface area contributed by atoms with Gasteiger partial charge in [0.25, 0.3) is 0 Å². The van der Waals surface area contributed by atoms with E-state index in [-0.39, 0.29) is 5.82 Å². The standard InChI is InChI=1S/C17H22FN3/c1-5-8-15-20-16(12(4)17(21-15)19-6-2)13-9-7-10-14(18)11(13)3/h7,9-10H,5-6,8H2,1-4H3,(H,19,20,21). The van der Waals surface area contributed by atoms with Crippen LogP contribution in [-0.2, 0) is 6.42 Å². The molecule has 0 aliphatic heterocycles. The van der Waals surface area contributed by atoms with Crippen molar-refractivity contribution in [2.24, 2.45) is 0 Å². The van der Waals surface area contributed by atoms with Gasteiger partial charge in [0, 0.05) is 24.1 Å². The van der Waals surface area contributed by atoms with Crippen molar-refractivity contribution in [1.82, 2.24) is 9.97 Å². The zero-order valence-electron chi connectivity index (χ0n) is 13.1. The van der Waals surface area contributed by atoms with E-state index >= 15 is 0 Å². The third kappa shape index (κ3) is 3.20. The Bertz CT molecular complexity index is 638. The molecule has 112 valence electrons. The molecule has 21 heavy (non-hydrogen) atoms. The molecule has 0 spiro atoms. The number of halogens is 1. The summed E-state index contributed by atoms with van der Waals surface area (Å²) in [6.45, 7) is 8.70. The van der Waals surface area contributed by atoms with Crippen LogP contribution in [0.15, 0.2) is 18.2 Å². The lowest BCUT2D eigenvalue weighted by Gasteiger charge is -2.15. The van der Waals surface area contributed by atoms with E-state index in [2.05, 4.69) is 22.2 Å². The minimum absolute atomic E-state index is 0.201. The maximum Gasteiger partial charge on any atom is 0.133 e. The summed E-state index contributed by atoms with van der Waals surface area (Å²) in [5.41, 5.74) is 3.25. The average molecular weight is 287 g/mol. The molecule has 2 aromatic rings. The molecule has 0 bridgehead atoms. The van der Waals surface area contributed by atoms with Crippen molar-refractivity contribution in [3.63, 3.8) is 0 Å². The van der Waals surface area contributed by atoms with Gasteiger partial charge >= 0.3 is 0 Å². The molecule has 2 rings (SSSR count). The highest BCUT2D eigenvalue weighted by Gasteiger charge is 2.15. The minimum atomic E-state index is -0.201.